The summed E-state index contributed by atoms with van der Waals surface area (Å²) in [5, 5.41) is 3.32. The maximum atomic E-state index is 11.1. The molecular formula is C18H28N4O3. The predicted molar refractivity (Wildman–Crippen MR) is 98.0 cm³/mol. The molecule has 0 spiro atoms. The van der Waals surface area contributed by atoms with E-state index in [1.807, 2.05) is 24.3 Å². The molecule has 0 aromatic heterocycles. The zero-order valence-corrected chi connectivity index (χ0v) is 15.0. The number of hydrogen-bond donors (Lipinski definition) is 2. The Morgan fingerprint density at radius 3 is 2.96 bits per heavy atom. The van der Waals surface area contributed by atoms with Gasteiger partial charge in [0.1, 0.15) is 18.1 Å². The van der Waals surface area contributed by atoms with E-state index in [2.05, 4.69) is 15.2 Å². The Morgan fingerprint density at radius 2 is 2.24 bits per heavy atom. The molecular weight excluding hydrogens is 320 g/mol. The van der Waals surface area contributed by atoms with E-state index >= 15 is 0 Å². The van der Waals surface area contributed by atoms with E-state index in [1.165, 1.54) is 0 Å². The lowest BCUT2D eigenvalue weighted by Gasteiger charge is -2.34. The first-order chi connectivity index (χ1) is 12.1. The molecule has 7 nitrogen and oxygen atoms in total. The number of nitrogens with two attached hydrogens (primary N) is 1. The van der Waals surface area contributed by atoms with E-state index < -0.39 is 0 Å². The summed E-state index contributed by atoms with van der Waals surface area (Å²) in [6, 6.07) is 7.53. The quantitative estimate of drug-likeness (QED) is 0.440. The van der Waals surface area contributed by atoms with Crippen molar-refractivity contribution in [2.24, 2.45) is 16.6 Å². The summed E-state index contributed by atoms with van der Waals surface area (Å²) in [4.78, 5) is 17.7. The van der Waals surface area contributed by atoms with E-state index in [4.69, 9.17) is 15.2 Å². The third-order valence-corrected chi connectivity index (χ3v) is 4.22. The topological polar surface area (TPSA) is 89.2 Å². The number of rotatable bonds is 7. The number of amides is 1. The van der Waals surface area contributed by atoms with Crippen molar-refractivity contribution in [2.75, 3.05) is 40.4 Å². The summed E-state index contributed by atoms with van der Waals surface area (Å²) in [7, 11) is 3.40. The normalized spacial score (nSPS) is 17.9. The zero-order chi connectivity index (χ0) is 18.1. The van der Waals surface area contributed by atoms with Crippen molar-refractivity contribution in [1.29, 1.82) is 0 Å². The molecule has 1 aliphatic rings. The van der Waals surface area contributed by atoms with E-state index in [9.17, 15) is 4.79 Å². The lowest BCUT2D eigenvalue weighted by molar-refractivity contribution is -0.119. The molecule has 1 amide bonds. The Labute approximate surface area is 149 Å². The summed E-state index contributed by atoms with van der Waals surface area (Å²) < 4.78 is 10.9. The molecule has 1 fully saturated rings. The van der Waals surface area contributed by atoms with Crippen molar-refractivity contribution in [3.63, 3.8) is 0 Å². The Hall–Kier alpha value is -2.44. The first kappa shape index (κ1) is 18.9. The minimum atomic E-state index is -0.235. The number of aliphatic imine (C=N–C) groups is 1. The second-order valence-corrected chi connectivity index (χ2v) is 6.13. The zero-order valence-electron chi connectivity index (χ0n) is 15.0. The lowest BCUT2D eigenvalue weighted by Crippen LogP contribution is -2.48. The average Bonchev–Trinajstić information content (AvgIpc) is 2.61. The largest absolute Gasteiger partial charge is 0.497 e. The van der Waals surface area contributed by atoms with Crippen LogP contribution >= 0.6 is 0 Å². The monoisotopic (exact) mass is 348 g/mol. The smallest absolute Gasteiger partial charge is 0.217 e. The fourth-order valence-electron chi connectivity index (χ4n) is 3.06. The van der Waals surface area contributed by atoms with Gasteiger partial charge >= 0.3 is 0 Å². The van der Waals surface area contributed by atoms with Gasteiger partial charge in [0.05, 0.1) is 13.7 Å². The second kappa shape index (κ2) is 9.76. The molecule has 0 saturated carbocycles. The third kappa shape index (κ3) is 6.17. The van der Waals surface area contributed by atoms with Crippen LogP contribution in [-0.4, -0.2) is 57.2 Å². The Bertz CT molecular complexity index is 591. The highest BCUT2D eigenvalue weighted by molar-refractivity contribution is 5.80. The van der Waals surface area contributed by atoms with Crippen molar-refractivity contribution in [2.45, 2.75) is 19.3 Å². The van der Waals surface area contributed by atoms with Crippen molar-refractivity contribution in [1.82, 2.24) is 10.2 Å². The summed E-state index contributed by atoms with van der Waals surface area (Å²) in [6.45, 7) is 2.90. The molecule has 1 aromatic rings. The predicted octanol–water partition coefficient (Wildman–Crippen LogP) is 1.24. The fourth-order valence-corrected chi connectivity index (χ4v) is 3.06. The molecule has 0 bridgehead atoms. The van der Waals surface area contributed by atoms with Crippen LogP contribution in [0.1, 0.15) is 19.3 Å². The highest BCUT2D eigenvalue weighted by atomic mass is 16.5. The number of benzene rings is 1. The summed E-state index contributed by atoms with van der Waals surface area (Å²) in [5.74, 6) is 2.45. The maximum absolute atomic E-state index is 11.1. The number of primary amides is 1. The molecule has 1 saturated heterocycles. The van der Waals surface area contributed by atoms with Gasteiger partial charge in [0.2, 0.25) is 5.91 Å². The maximum Gasteiger partial charge on any atom is 0.217 e. The van der Waals surface area contributed by atoms with Gasteiger partial charge in [0.25, 0.3) is 0 Å². The number of methoxy groups -OCH3 is 1. The Kier molecular flexibility index (Phi) is 7.37. The minimum Gasteiger partial charge on any atom is -0.497 e. The van der Waals surface area contributed by atoms with E-state index in [0.29, 0.717) is 25.5 Å². The van der Waals surface area contributed by atoms with Gasteiger partial charge in [-0.25, -0.2) is 0 Å². The van der Waals surface area contributed by atoms with Gasteiger partial charge < -0.3 is 25.4 Å². The standard InChI is InChI=1S/C18H28N4O3/c1-20-18(22-9-4-5-14(13-22)11-17(19)23)21-8-10-25-16-7-3-6-15(12-16)24-2/h3,6-7,12,14H,4-5,8-11,13H2,1-2H3,(H2,19,23)(H,20,21). The number of guanidine groups is 1. The number of nitrogens with one attached hydrogen (secondary N) is 1. The third-order valence-electron chi connectivity index (χ3n) is 4.22. The Morgan fingerprint density at radius 1 is 1.44 bits per heavy atom. The van der Waals surface area contributed by atoms with Crippen LogP contribution in [0.2, 0.25) is 0 Å². The molecule has 1 aromatic carbocycles. The summed E-state index contributed by atoms with van der Waals surface area (Å²) in [5.41, 5.74) is 5.32. The minimum absolute atomic E-state index is 0.235. The van der Waals surface area contributed by atoms with Gasteiger partial charge in [-0.2, -0.15) is 0 Å². The van der Waals surface area contributed by atoms with E-state index in [0.717, 1.165) is 43.4 Å². The molecule has 3 N–H and O–H groups in total. The molecule has 1 aliphatic heterocycles. The SMILES string of the molecule is CN=C(NCCOc1cccc(OC)c1)N1CCCC(CC(N)=O)C1. The van der Waals surface area contributed by atoms with Crippen LogP contribution in [0.3, 0.4) is 0 Å². The number of carbonyl (C=O) groups is 1. The fraction of sp³-hybridized carbons (Fsp3) is 0.556. The Balaban J connectivity index is 1.77. The molecule has 2 rings (SSSR count). The van der Waals surface area contributed by atoms with Crippen LogP contribution in [0.5, 0.6) is 11.5 Å². The highest BCUT2D eigenvalue weighted by Gasteiger charge is 2.23. The van der Waals surface area contributed by atoms with Gasteiger partial charge in [0.15, 0.2) is 5.96 Å². The molecule has 25 heavy (non-hydrogen) atoms. The summed E-state index contributed by atoms with van der Waals surface area (Å²) in [6.07, 6.45) is 2.51. The first-order valence-electron chi connectivity index (χ1n) is 8.63. The molecule has 138 valence electrons. The van der Waals surface area contributed by atoms with Gasteiger partial charge in [-0.05, 0) is 30.9 Å². The average molecular weight is 348 g/mol. The van der Waals surface area contributed by atoms with Crippen LogP contribution in [0, 0.1) is 5.92 Å². The number of nitrogens with zero attached hydrogens (tertiary/aromatic N) is 2. The van der Waals surface area contributed by atoms with Crippen molar-refractivity contribution >= 4 is 11.9 Å². The van der Waals surface area contributed by atoms with Crippen molar-refractivity contribution in [3.05, 3.63) is 24.3 Å². The van der Waals surface area contributed by atoms with Crippen molar-refractivity contribution < 1.29 is 14.3 Å². The lowest BCUT2D eigenvalue weighted by atomic mass is 9.95. The molecule has 7 heteroatoms. The molecule has 1 heterocycles. The second-order valence-electron chi connectivity index (χ2n) is 6.13. The van der Waals surface area contributed by atoms with Crippen LogP contribution in [-0.2, 0) is 4.79 Å². The van der Waals surface area contributed by atoms with Crippen molar-refractivity contribution in [3.8, 4) is 11.5 Å². The van der Waals surface area contributed by atoms with Crippen LogP contribution in [0.25, 0.3) is 0 Å². The highest BCUT2D eigenvalue weighted by Crippen LogP contribution is 2.20. The number of ether oxygens (including phenoxy) is 2. The molecule has 1 unspecified atom stereocenters. The van der Waals surface area contributed by atoms with Gasteiger partial charge in [-0.3, -0.25) is 9.79 Å². The molecule has 0 radical (unpaired) electrons. The van der Waals surface area contributed by atoms with Gasteiger partial charge in [-0.15, -0.1) is 0 Å². The molecule has 1 atom stereocenters. The first-order valence-corrected chi connectivity index (χ1v) is 8.63. The number of hydrogen-bond acceptors (Lipinski definition) is 4. The number of carbonyl (C=O) groups excluding carboxylic acids is 1. The number of piperidine rings is 1. The van der Waals surface area contributed by atoms with Crippen LogP contribution in [0.15, 0.2) is 29.3 Å². The van der Waals surface area contributed by atoms with E-state index in [-0.39, 0.29) is 5.91 Å². The summed E-state index contributed by atoms with van der Waals surface area (Å²) >= 11 is 0. The van der Waals surface area contributed by atoms with Gasteiger partial charge in [-0.1, -0.05) is 6.07 Å². The van der Waals surface area contributed by atoms with E-state index in [1.54, 1.807) is 14.2 Å². The van der Waals surface area contributed by atoms with Crippen LogP contribution in [0.4, 0.5) is 0 Å². The molecule has 0 aliphatic carbocycles. The van der Waals surface area contributed by atoms with Crippen LogP contribution < -0.4 is 20.5 Å². The number of likely N-dealkylation sites (tertiary alicyclic amines) is 1. The van der Waals surface area contributed by atoms with Gasteiger partial charge in [0, 0.05) is 32.6 Å².